The van der Waals surface area contributed by atoms with E-state index in [1.54, 1.807) is 6.92 Å². The normalized spacial score (nSPS) is 26.1. The summed E-state index contributed by atoms with van der Waals surface area (Å²) in [4.78, 5) is 0. The lowest BCUT2D eigenvalue weighted by Gasteiger charge is -2.39. The van der Waals surface area contributed by atoms with E-state index >= 15 is 0 Å². The van der Waals surface area contributed by atoms with Crippen LogP contribution in [-0.2, 0) is 4.74 Å². The van der Waals surface area contributed by atoms with Crippen LogP contribution < -0.4 is 0 Å². The van der Waals surface area contributed by atoms with Crippen LogP contribution in [0.1, 0.15) is 33.6 Å². The molecular formula is C15H22ClFO. The Morgan fingerprint density at radius 2 is 2.28 bits per heavy atom. The molecular weight excluding hydrogens is 251 g/mol. The molecule has 0 amide bonds. The first-order valence-electron chi connectivity index (χ1n) is 6.35. The molecule has 18 heavy (non-hydrogen) atoms. The molecule has 0 aliphatic heterocycles. The van der Waals surface area contributed by atoms with Gasteiger partial charge in [-0.25, -0.2) is 4.39 Å². The second-order valence-electron chi connectivity index (χ2n) is 5.12. The molecule has 0 N–H and O–H groups in total. The van der Waals surface area contributed by atoms with Gasteiger partial charge in [0.05, 0.1) is 6.61 Å². The van der Waals surface area contributed by atoms with E-state index in [9.17, 15) is 4.39 Å². The second kappa shape index (κ2) is 6.03. The van der Waals surface area contributed by atoms with E-state index in [0.717, 1.165) is 11.5 Å². The average Bonchev–Trinajstić information content (AvgIpc) is 2.37. The summed E-state index contributed by atoms with van der Waals surface area (Å²) in [5.74, 6) is 0.263. The highest BCUT2D eigenvalue weighted by Gasteiger charge is 2.43. The van der Waals surface area contributed by atoms with Crippen LogP contribution in [0.5, 0.6) is 0 Å². The van der Waals surface area contributed by atoms with Gasteiger partial charge in [-0.15, -0.1) is 0 Å². The molecule has 3 heteroatoms. The maximum absolute atomic E-state index is 14.4. The molecule has 0 fully saturated rings. The van der Waals surface area contributed by atoms with Crippen molar-refractivity contribution in [2.24, 2.45) is 5.92 Å². The van der Waals surface area contributed by atoms with Crippen molar-refractivity contribution in [3.05, 3.63) is 35.9 Å². The fraction of sp³-hybridized carbons (Fsp3) is 0.600. The van der Waals surface area contributed by atoms with Crippen LogP contribution in [0.2, 0.25) is 0 Å². The van der Waals surface area contributed by atoms with Crippen LogP contribution in [0.25, 0.3) is 0 Å². The van der Waals surface area contributed by atoms with E-state index in [1.807, 2.05) is 25.2 Å². The highest BCUT2D eigenvalue weighted by atomic mass is 35.5. The van der Waals surface area contributed by atoms with Crippen molar-refractivity contribution in [3.8, 4) is 0 Å². The third-order valence-electron chi connectivity index (χ3n) is 3.85. The highest BCUT2D eigenvalue weighted by molar-refractivity contribution is 6.31. The minimum atomic E-state index is -1.53. The summed E-state index contributed by atoms with van der Waals surface area (Å²) in [6, 6.07) is 0. The van der Waals surface area contributed by atoms with Crippen molar-refractivity contribution in [2.45, 2.75) is 44.9 Å². The van der Waals surface area contributed by atoms with Gasteiger partial charge in [0.25, 0.3) is 0 Å². The standard InChI is InChI=1S/C15H22ClFO/c1-5-14(3,17)15(4,6-2)18-11-12-7-9-13(16)10-8-12/h5,7,9-10,12H,1,6,8,11H2,2-4H3. The third kappa shape index (κ3) is 3.46. The van der Waals surface area contributed by atoms with Crippen molar-refractivity contribution in [1.29, 1.82) is 0 Å². The van der Waals surface area contributed by atoms with Crippen LogP contribution in [-0.4, -0.2) is 17.9 Å². The van der Waals surface area contributed by atoms with Gasteiger partial charge in [0.15, 0.2) is 5.67 Å². The van der Waals surface area contributed by atoms with Crippen molar-refractivity contribution >= 4 is 11.6 Å². The van der Waals surface area contributed by atoms with Gasteiger partial charge in [-0.3, -0.25) is 0 Å². The molecule has 0 radical (unpaired) electrons. The highest BCUT2D eigenvalue weighted by Crippen LogP contribution is 2.35. The molecule has 1 aliphatic carbocycles. The summed E-state index contributed by atoms with van der Waals surface area (Å²) >= 11 is 5.85. The van der Waals surface area contributed by atoms with E-state index in [2.05, 4.69) is 6.58 Å². The molecule has 1 rings (SSSR count). The van der Waals surface area contributed by atoms with Crippen LogP contribution in [0, 0.1) is 5.92 Å². The summed E-state index contributed by atoms with van der Waals surface area (Å²) < 4.78 is 20.2. The van der Waals surface area contributed by atoms with Gasteiger partial charge in [-0.1, -0.05) is 43.3 Å². The van der Waals surface area contributed by atoms with Crippen molar-refractivity contribution in [1.82, 2.24) is 0 Å². The fourth-order valence-electron chi connectivity index (χ4n) is 1.86. The summed E-state index contributed by atoms with van der Waals surface area (Å²) in [5, 5.41) is 0.755. The molecule has 0 bridgehead atoms. The summed E-state index contributed by atoms with van der Waals surface area (Å²) in [6.07, 6.45) is 8.60. The lowest BCUT2D eigenvalue weighted by atomic mass is 9.85. The van der Waals surface area contributed by atoms with Crippen LogP contribution in [0.15, 0.2) is 35.9 Å². The molecule has 0 aromatic rings. The maximum Gasteiger partial charge on any atom is 0.154 e. The molecule has 3 atom stereocenters. The number of hydrogen-bond donors (Lipinski definition) is 0. The van der Waals surface area contributed by atoms with Gasteiger partial charge >= 0.3 is 0 Å². The molecule has 0 saturated heterocycles. The first-order valence-corrected chi connectivity index (χ1v) is 6.73. The Morgan fingerprint density at radius 3 is 2.72 bits per heavy atom. The molecule has 1 nitrogen and oxygen atoms in total. The summed E-state index contributed by atoms with van der Waals surface area (Å²) in [6.45, 7) is 9.28. The van der Waals surface area contributed by atoms with Gasteiger partial charge in [0, 0.05) is 11.0 Å². The van der Waals surface area contributed by atoms with Gasteiger partial charge in [0.1, 0.15) is 5.60 Å². The molecule has 0 spiro atoms. The minimum absolute atomic E-state index is 0.263. The molecule has 1 aliphatic rings. The first-order chi connectivity index (χ1) is 8.34. The van der Waals surface area contributed by atoms with E-state index < -0.39 is 11.3 Å². The SMILES string of the molecule is C=CC(C)(F)C(C)(CC)OCC1C=CC(Cl)=CC1. The van der Waals surface area contributed by atoms with Gasteiger partial charge in [-0.2, -0.15) is 0 Å². The Hall–Kier alpha value is -0.600. The zero-order chi connectivity index (χ0) is 13.8. The van der Waals surface area contributed by atoms with Crippen LogP contribution in [0.3, 0.4) is 0 Å². The maximum atomic E-state index is 14.4. The Morgan fingerprint density at radius 1 is 1.61 bits per heavy atom. The molecule has 0 aromatic carbocycles. The molecule has 102 valence electrons. The Labute approximate surface area is 114 Å². The number of alkyl halides is 1. The predicted molar refractivity (Wildman–Crippen MR) is 75.5 cm³/mol. The summed E-state index contributed by atoms with van der Waals surface area (Å²) in [7, 11) is 0. The van der Waals surface area contributed by atoms with Crippen LogP contribution >= 0.6 is 11.6 Å². The van der Waals surface area contributed by atoms with Crippen molar-refractivity contribution in [2.75, 3.05) is 6.61 Å². The van der Waals surface area contributed by atoms with Crippen molar-refractivity contribution < 1.29 is 9.13 Å². The number of ether oxygens (including phenoxy) is 1. The lowest BCUT2D eigenvalue weighted by Crippen LogP contribution is -2.47. The van der Waals surface area contributed by atoms with Gasteiger partial charge < -0.3 is 4.74 Å². The first kappa shape index (κ1) is 15.5. The lowest BCUT2D eigenvalue weighted by molar-refractivity contribution is -0.118. The zero-order valence-corrected chi connectivity index (χ0v) is 12.1. The number of allylic oxidation sites excluding steroid dienone is 3. The quantitative estimate of drug-likeness (QED) is 0.632. The Kier molecular flexibility index (Phi) is 5.18. The number of hydrogen-bond acceptors (Lipinski definition) is 1. The topological polar surface area (TPSA) is 9.23 Å². The zero-order valence-electron chi connectivity index (χ0n) is 11.4. The van der Waals surface area contributed by atoms with E-state index in [0.29, 0.717) is 13.0 Å². The van der Waals surface area contributed by atoms with Gasteiger partial charge in [-0.05, 0) is 32.8 Å². The average molecular weight is 273 g/mol. The molecule has 0 heterocycles. The predicted octanol–water partition coefficient (Wildman–Crippen LogP) is 4.78. The molecule has 0 saturated carbocycles. The number of halogens is 2. The third-order valence-corrected chi connectivity index (χ3v) is 4.13. The largest absolute Gasteiger partial charge is 0.371 e. The van der Waals surface area contributed by atoms with Crippen LogP contribution in [0.4, 0.5) is 4.39 Å². The molecule has 3 unspecified atom stereocenters. The monoisotopic (exact) mass is 272 g/mol. The van der Waals surface area contributed by atoms with Crippen molar-refractivity contribution in [3.63, 3.8) is 0 Å². The smallest absolute Gasteiger partial charge is 0.154 e. The van der Waals surface area contributed by atoms with E-state index in [1.165, 1.54) is 13.0 Å². The number of rotatable bonds is 6. The second-order valence-corrected chi connectivity index (χ2v) is 5.56. The summed E-state index contributed by atoms with van der Waals surface area (Å²) in [5.41, 5.74) is -2.37. The Bertz CT molecular complexity index is 360. The minimum Gasteiger partial charge on any atom is -0.371 e. The Balaban J connectivity index is 2.60. The van der Waals surface area contributed by atoms with E-state index in [-0.39, 0.29) is 5.92 Å². The van der Waals surface area contributed by atoms with Gasteiger partial charge in [0.2, 0.25) is 0 Å². The van der Waals surface area contributed by atoms with E-state index in [4.69, 9.17) is 16.3 Å². The molecule has 0 aromatic heterocycles. The fourth-order valence-corrected chi connectivity index (χ4v) is 2.02.